The van der Waals surface area contributed by atoms with E-state index in [1.54, 1.807) is 18.2 Å². The predicted molar refractivity (Wildman–Crippen MR) is 514 cm³/mol. The van der Waals surface area contributed by atoms with Gasteiger partial charge in [-0.1, -0.05) is 237 Å². The summed E-state index contributed by atoms with van der Waals surface area (Å²) in [4.78, 5) is 0. The number of nitriles is 4. The summed E-state index contributed by atoms with van der Waals surface area (Å²) in [5.74, 6) is 0. The lowest BCUT2D eigenvalue weighted by atomic mass is 9.95. The highest BCUT2D eigenvalue weighted by Crippen LogP contribution is 2.50. The number of furan rings is 2. The number of rotatable bonds is 9. The molecule has 0 aliphatic rings. The second-order valence-corrected chi connectivity index (χ2v) is 33.0. The maximum atomic E-state index is 11.5. The van der Waals surface area contributed by atoms with Gasteiger partial charge in [0.2, 0.25) is 0 Å². The van der Waals surface area contributed by atoms with Crippen molar-refractivity contribution in [3.63, 3.8) is 0 Å². The molecule has 10 nitrogen and oxygen atoms in total. The first-order valence-corrected chi connectivity index (χ1v) is 42.1. The van der Waals surface area contributed by atoms with Gasteiger partial charge in [0, 0.05) is 64.6 Å². The molecule has 0 saturated carbocycles. The van der Waals surface area contributed by atoms with Gasteiger partial charge in [-0.25, -0.2) is 0 Å². The van der Waals surface area contributed by atoms with Gasteiger partial charge in [-0.05, 0) is 238 Å². The first kappa shape index (κ1) is 70.1. The standard InChI is InChI=1S/C116H62N8O2/c117-63-81-30-31-82(64-118)116(115(81)123-99-48-38-74(67-14-2-1-3-15-67)56-95(99)112-86-20-8-5-17-71(86)36-51-103(112)123)124-100-49-39-75(57-96(100)113-87-21-9-6-18-72(87)37-52-104(113)124)69-28-26-68(27-29-69)73-32-43-88-80(54-73)42-53-102-114(88)94-59-77(79-34-45-92-90-23-11-13-25-108(90)126-110(92)61-79)41-47-98(94)122(102)106-62-105(83(65-119)55-84(106)66-120)121-97-46-40-76(58-93(97)111-85-19-7-4-16-70(85)35-50-101(111)121)78-33-44-91-89-22-10-12-24-107(89)125-109(91)60-78/h1-62H. The smallest absolute Gasteiger partial charge is 0.136 e. The lowest BCUT2D eigenvalue weighted by Gasteiger charge is -2.19. The maximum absolute atomic E-state index is 11.5. The Morgan fingerprint density at radius 3 is 0.873 bits per heavy atom. The number of fused-ring (bicyclic) bond motifs is 26. The van der Waals surface area contributed by atoms with Gasteiger partial charge in [0.1, 0.15) is 46.6 Å². The Hall–Kier alpha value is -17.8. The molecule has 6 heterocycles. The van der Waals surface area contributed by atoms with E-state index in [9.17, 15) is 21.0 Å². The third-order valence-corrected chi connectivity index (χ3v) is 26.5. The molecule has 6 aromatic heterocycles. The van der Waals surface area contributed by atoms with Crippen LogP contribution in [0.1, 0.15) is 22.3 Å². The largest absolute Gasteiger partial charge is 0.456 e. The number of hydrogen-bond acceptors (Lipinski definition) is 6. The average molecular weight is 1600 g/mol. The molecule has 578 valence electrons. The zero-order valence-electron chi connectivity index (χ0n) is 67.2. The molecule has 0 amide bonds. The van der Waals surface area contributed by atoms with E-state index in [4.69, 9.17) is 8.83 Å². The van der Waals surface area contributed by atoms with Crippen LogP contribution < -0.4 is 0 Å². The van der Waals surface area contributed by atoms with Gasteiger partial charge in [0.05, 0.1) is 89.1 Å². The van der Waals surface area contributed by atoms with Crippen LogP contribution in [0, 0.1) is 45.3 Å². The minimum atomic E-state index is 0.357. The van der Waals surface area contributed by atoms with Crippen LogP contribution in [0.5, 0.6) is 0 Å². The van der Waals surface area contributed by atoms with E-state index < -0.39 is 0 Å². The number of hydrogen-bond donors (Lipinski definition) is 0. The van der Waals surface area contributed by atoms with Gasteiger partial charge >= 0.3 is 0 Å². The normalized spacial score (nSPS) is 11.9. The van der Waals surface area contributed by atoms with Crippen LogP contribution in [-0.2, 0) is 0 Å². The molecule has 26 rings (SSSR count). The van der Waals surface area contributed by atoms with Crippen LogP contribution in [0.3, 0.4) is 0 Å². The number of aromatic nitrogens is 4. The maximum Gasteiger partial charge on any atom is 0.136 e. The van der Waals surface area contributed by atoms with Gasteiger partial charge in [-0.2, -0.15) is 21.0 Å². The molecule has 0 atom stereocenters. The van der Waals surface area contributed by atoms with Crippen molar-refractivity contribution in [3.8, 4) is 103 Å². The van der Waals surface area contributed by atoms with Crippen LogP contribution in [0.25, 0.3) is 253 Å². The van der Waals surface area contributed by atoms with E-state index in [0.29, 0.717) is 45.0 Å². The van der Waals surface area contributed by atoms with E-state index in [0.717, 1.165) is 230 Å². The fourth-order valence-electron chi connectivity index (χ4n) is 20.8. The number of nitrogens with zero attached hydrogens (tertiary/aromatic N) is 8. The molecule has 20 aromatic carbocycles. The first-order chi connectivity index (χ1) is 62.3. The highest BCUT2D eigenvalue weighted by molar-refractivity contribution is 6.27. The number of benzene rings is 20. The Morgan fingerprint density at radius 1 is 0.175 bits per heavy atom. The van der Waals surface area contributed by atoms with Crippen molar-refractivity contribution >= 4 is 174 Å². The van der Waals surface area contributed by atoms with Gasteiger partial charge < -0.3 is 27.1 Å². The molecule has 10 heteroatoms. The monoisotopic (exact) mass is 1600 g/mol. The minimum Gasteiger partial charge on any atom is -0.456 e. The van der Waals surface area contributed by atoms with E-state index in [-0.39, 0.29) is 0 Å². The van der Waals surface area contributed by atoms with E-state index in [1.165, 1.54) is 0 Å². The number of para-hydroxylation sites is 2. The van der Waals surface area contributed by atoms with E-state index in [2.05, 4.69) is 358 Å². The second-order valence-electron chi connectivity index (χ2n) is 33.0. The molecule has 0 saturated heterocycles. The molecule has 0 spiro atoms. The van der Waals surface area contributed by atoms with Gasteiger partial charge in [-0.3, -0.25) is 0 Å². The summed E-state index contributed by atoms with van der Waals surface area (Å²) >= 11 is 0. The minimum absolute atomic E-state index is 0.357. The van der Waals surface area contributed by atoms with Crippen molar-refractivity contribution in [2.24, 2.45) is 0 Å². The molecular formula is C116H62N8O2. The lowest BCUT2D eigenvalue weighted by molar-refractivity contribution is 0.668. The Balaban J connectivity index is 0.620. The molecule has 0 radical (unpaired) electrons. The molecule has 0 aliphatic carbocycles. The topological polar surface area (TPSA) is 141 Å². The van der Waals surface area contributed by atoms with Crippen molar-refractivity contribution in [1.82, 2.24) is 18.3 Å². The fraction of sp³-hybridized carbons (Fsp3) is 0. The zero-order chi connectivity index (χ0) is 83.3. The first-order valence-electron chi connectivity index (χ1n) is 42.1. The Morgan fingerprint density at radius 2 is 0.460 bits per heavy atom. The lowest BCUT2D eigenvalue weighted by Crippen LogP contribution is -2.08. The third kappa shape index (κ3) is 10.2. The van der Waals surface area contributed by atoms with Crippen LogP contribution in [0.4, 0.5) is 0 Å². The average Bonchev–Trinajstić information content (AvgIpc) is 1.55. The highest BCUT2D eigenvalue weighted by atomic mass is 16.3. The second kappa shape index (κ2) is 26.9. The molecule has 0 aliphatic heterocycles. The molecule has 126 heavy (non-hydrogen) atoms. The third-order valence-electron chi connectivity index (χ3n) is 26.5. The van der Waals surface area contributed by atoms with Crippen LogP contribution in [-0.4, -0.2) is 18.3 Å². The Labute approximate surface area is 718 Å². The molecular weight excluding hydrogens is 1540 g/mol. The summed E-state index contributed by atoms with van der Waals surface area (Å²) in [5.41, 5.74) is 25.1. The molecule has 26 aromatic rings. The van der Waals surface area contributed by atoms with Crippen LogP contribution in [0.2, 0.25) is 0 Å². The summed E-state index contributed by atoms with van der Waals surface area (Å²) in [7, 11) is 0. The van der Waals surface area contributed by atoms with Crippen molar-refractivity contribution < 1.29 is 8.83 Å². The molecule has 0 unspecified atom stereocenters. The Bertz CT molecular complexity index is 9550. The van der Waals surface area contributed by atoms with Gasteiger partial charge in [-0.15, -0.1) is 0 Å². The Kier molecular flexibility index (Phi) is 14.9. The van der Waals surface area contributed by atoms with E-state index >= 15 is 0 Å². The van der Waals surface area contributed by atoms with E-state index in [1.807, 2.05) is 42.5 Å². The quantitative estimate of drug-likeness (QED) is 0.141. The van der Waals surface area contributed by atoms with Crippen molar-refractivity contribution in [1.29, 1.82) is 21.0 Å². The zero-order valence-corrected chi connectivity index (χ0v) is 67.2. The summed E-state index contributed by atoms with van der Waals surface area (Å²) in [6.45, 7) is 0. The molecule has 0 N–H and O–H groups in total. The van der Waals surface area contributed by atoms with Crippen LogP contribution >= 0.6 is 0 Å². The van der Waals surface area contributed by atoms with Crippen molar-refractivity contribution in [2.45, 2.75) is 0 Å². The summed E-state index contributed by atoms with van der Waals surface area (Å²) in [6, 6.07) is 142. The summed E-state index contributed by atoms with van der Waals surface area (Å²) in [5, 5.41) is 67.1. The van der Waals surface area contributed by atoms with Crippen molar-refractivity contribution in [3.05, 3.63) is 398 Å². The highest BCUT2D eigenvalue weighted by Gasteiger charge is 2.30. The summed E-state index contributed by atoms with van der Waals surface area (Å²) < 4.78 is 21.8. The summed E-state index contributed by atoms with van der Waals surface area (Å²) in [6.07, 6.45) is 0. The predicted octanol–water partition coefficient (Wildman–Crippen LogP) is 30.3. The SMILES string of the molecule is N#Cc1cc(C#N)c(-n2c3ccc(-c4ccc5c(c4)oc4ccccc45)cc3c3c4ccc(-c5ccc(-c6ccc7c(c6)c6c8ccccc8ccc6n7-c6c(C#N)ccc(C#N)c6-n6c7ccc(-c8ccccc8)cc7c7c8ccccc8ccc76)cc5)cc4ccc32)cc1-n1c2ccc(-c3ccc4c(c3)oc3ccccc34)cc2c2c3ccccc3ccc21. The van der Waals surface area contributed by atoms with Crippen LogP contribution in [0.15, 0.2) is 385 Å². The fourth-order valence-corrected chi connectivity index (χ4v) is 20.8. The van der Waals surface area contributed by atoms with Gasteiger partial charge in [0.15, 0.2) is 0 Å². The molecule has 0 bridgehead atoms. The van der Waals surface area contributed by atoms with Gasteiger partial charge in [0.25, 0.3) is 0 Å². The molecule has 0 fully saturated rings. The van der Waals surface area contributed by atoms with Crippen molar-refractivity contribution in [2.75, 3.05) is 0 Å².